The minimum Gasteiger partial charge on any atom is -0.480 e. The highest BCUT2D eigenvalue weighted by atomic mass is 35.5. The highest BCUT2D eigenvalue weighted by Gasteiger charge is 2.44. The van der Waals surface area contributed by atoms with Crippen molar-refractivity contribution in [1.29, 1.82) is 5.26 Å². The van der Waals surface area contributed by atoms with Crippen molar-refractivity contribution in [3.63, 3.8) is 0 Å². The number of hydrogen-bond donors (Lipinski definition) is 0. The Morgan fingerprint density at radius 1 is 1.05 bits per heavy atom. The molecule has 9 heteroatoms. The Bertz CT molecular complexity index is 1590. The number of ether oxygens (including phenoxy) is 2. The van der Waals surface area contributed by atoms with E-state index < -0.39 is 6.04 Å². The Morgan fingerprint density at radius 3 is 2.42 bits per heavy atom. The van der Waals surface area contributed by atoms with E-state index in [0.29, 0.717) is 27.6 Å². The van der Waals surface area contributed by atoms with E-state index >= 15 is 0 Å². The quantitative estimate of drug-likeness (QED) is 0.299. The van der Waals surface area contributed by atoms with E-state index in [1.54, 1.807) is 23.2 Å². The second kappa shape index (κ2) is 9.84. The van der Waals surface area contributed by atoms with E-state index in [-0.39, 0.29) is 18.0 Å². The number of amides is 1. The number of nitrogens with zero attached hydrogens (tertiary/aromatic N) is 5. The Balaban J connectivity index is 1.79. The average Bonchev–Trinajstić information content (AvgIpc) is 3.44. The number of halogens is 1. The van der Waals surface area contributed by atoms with Crippen LogP contribution in [-0.2, 0) is 0 Å². The van der Waals surface area contributed by atoms with Gasteiger partial charge < -0.3 is 14.0 Å². The molecule has 1 unspecified atom stereocenters. The molecule has 1 atom stereocenters. The highest BCUT2D eigenvalue weighted by molar-refractivity contribution is 6.31. The fraction of sp³-hybridized carbons (Fsp3) is 0.241. The summed E-state index contributed by atoms with van der Waals surface area (Å²) in [5.74, 6) is 0.202. The molecule has 2 aromatic heterocycles. The Hall–Kier alpha value is -4.35. The number of hydrogen-bond acceptors (Lipinski definition) is 6. The molecule has 5 rings (SSSR count). The number of methoxy groups -OCH3 is 2. The second-order valence-corrected chi connectivity index (χ2v) is 9.75. The number of nitriles is 1. The van der Waals surface area contributed by atoms with E-state index in [9.17, 15) is 10.1 Å². The normalized spacial score (nSPS) is 14.5. The van der Waals surface area contributed by atoms with Crippen LogP contribution < -0.4 is 14.4 Å². The minimum atomic E-state index is -0.455. The van der Waals surface area contributed by atoms with Gasteiger partial charge >= 0.3 is 6.01 Å². The molecule has 1 aliphatic heterocycles. The minimum absolute atomic E-state index is 0.0188. The number of fused-ring (bicyclic) bond motifs is 1. The van der Waals surface area contributed by atoms with Crippen LogP contribution in [0, 0.1) is 18.3 Å². The number of carbonyl (C=O) groups is 1. The summed E-state index contributed by atoms with van der Waals surface area (Å²) in [7, 11) is 3.03. The molecule has 0 N–H and O–H groups in total. The van der Waals surface area contributed by atoms with Crippen molar-refractivity contribution in [2.45, 2.75) is 32.9 Å². The zero-order valence-electron chi connectivity index (χ0n) is 21.7. The van der Waals surface area contributed by atoms with E-state index in [2.05, 4.69) is 34.5 Å². The predicted molar refractivity (Wildman–Crippen MR) is 145 cm³/mol. The molecule has 0 fully saturated rings. The Morgan fingerprint density at radius 2 is 1.79 bits per heavy atom. The molecule has 8 nitrogen and oxygen atoms in total. The van der Waals surface area contributed by atoms with Gasteiger partial charge in [-0.25, -0.2) is 4.98 Å². The molecular formula is C29H26ClN5O3. The zero-order chi connectivity index (χ0) is 27.1. The summed E-state index contributed by atoms with van der Waals surface area (Å²) >= 11 is 6.39. The van der Waals surface area contributed by atoms with E-state index in [0.717, 1.165) is 28.2 Å². The van der Waals surface area contributed by atoms with Crippen molar-refractivity contribution < 1.29 is 14.3 Å². The lowest BCUT2D eigenvalue weighted by atomic mass is 10.0. The van der Waals surface area contributed by atoms with Crippen LogP contribution in [0.3, 0.4) is 0 Å². The topological polar surface area (TPSA) is 93.3 Å². The van der Waals surface area contributed by atoms with Crippen molar-refractivity contribution in [3.05, 3.63) is 87.7 Å². The van der Waals surface area contributed by atoms with Crippen LogP contribution in [0.1, 0.15) is 58.7 Å². The lowest BCUT2D eigenvalue weighted by Gasteiger charge is -2.30. The van der Waals surface area contributed by atoms with Crippen LogP contribution in [0.4, 0.5) is 5.69 Å². The van der Waals surface area contributed by atoms with Crippen molar-refractivity contribution in [2.75, 3.05) is 19.1 Å². The third kappa shape index (κ3) is 4.05. The van der Waals surface area contributed by atoms with E-state index in [1.807, 2.05) is 43.3 Å². The molecule has 0 bridgehead atoms. The Kier molecular flexibility index (Phi) is 6.55. The van der Waals surface area contributed by atoms with Gasteiger partial charge in [0.2, 0.25) is 5.88 Å². The van der Waals surface area contributed by atoms with Gasteiger partial charge in [-0.05, 0) is 62.2 Å². The van der Waals surface area contributed by atoms with Gasteiger partial charge in [0.25, 0.3) is 5.91 Å². The smallest absolute Gasteiger partial charge is 0.319 e. The van der Waals surface area contributed by atoms with Crippen LogP contribution in [0.25, 0.3) is 11.3 Å². The van der Waals surface area contributed by atoms with E-state index in [4.69, 9.17) is 21.1 Å². The second-order valence-electron chi connectivity index (χ2n) is 9.31. The van der Waals surface area contributed by atoms with Crippen LogP contribution in [0.2, 0.25) is 5.02 Å². The van der Waals surface area contributed by atoms with Crippen LogP contribution >= 0.6 is 11.6 Å². The molecule has 0 aliphatic carbocycles. The van der Waals surface area contributed by atoms with Gasteiger partial charge in [-0.1, -0.05) is 29.8 Å². The number of anilines is 1. The van der Waals surface area contributed by atoms with Crippen molar-refractivity contribution in [3.8, 4) is 29.2 Å². The highest BCUT2D eigenvalue weighted by Crippen LogP contribution is 2.47. The summed E-state index contributed by atoms with van der Waals surface area (Å²) in [6.07, 6.45) is 1.65. The predicted octanol–water partition coefficient (Wildman–Crippen LogP) is 6.13. The SMILES string of the molecule is COc1ncc(-c2cc3c(n2C(C)C)C(c2ccc(C#N)cc2)N(c2cc(Cl)ccc2C)C3=O)c(OC)n1. The summed E-state index contributed by atoms with van der Waals surface area (Å²) in [4.78, 5) is 24.6. The lowest BCUT2D eigenvalue weighted by Crippen LogP contribution is -2.30. The van der Waals surface area contributed by atoms with Gasteiger partial charge in [0, 0.05) is 22.9 Å². The van der Waals surface area contributed by atoms with Crippen molar-refractivity contribution in [2.24, 2.45) is 0 Å². The first-order valence-electron chi connectivity index (χ1n) is 12.1. The standard InChI is InChI=1S/C29H26ClN5O3/c1-16(2)34-24(22-15-32-29(38-5)33-27(22)37-4)13-21-26(34)25(19-9-7-18(14-31)8-10-19)35(28(21)36)23-12-20(30)11-6-17(23)3/h6-13,15-16,25H,1-5H3. The number of aromatic nitrogens is 3. The third-order valence-corrected chi connectivity index (χ3v) is 6.96. The molecule has 3 heterocycles. The number of rotatable bonds is 6. The molecular weight excluding hydrogens is 502 g/mol. The van der Waals surface area contributed by atoms with Gasteiger partial charge in [0.1, 0.15) is 6.04 Å². The molecule has 2 aromatic carbocycles. The molecule has 0 spiro atoms. The van der Waals surface area contributed by atoms with Gasteiger partial charge in [0.15, 0.2) is 0 Å². The van der Waals surface area contributed by atoms with Gasteiger partial charge in [-0.15, -0.1) is 0 Å². The number of carbonyl (C=O) groups excluding carboxylic acids is 1. The molecule has 0 saturated heterocycles. The van der Waals surface area contributed by atoms with Crippen molar-refractivity contribution in [1.82, 2.24) is 14.5 Å². The molecule has 1 amide bonds. The summed E-state index contributed by atoms with van der Waals surface area (Å²) in [5, 5.41) is 9.90. The number of aryl methyl sites for hydroxylation is 1. The molecule has 0 saturated carbocycles. The maximum Gasteiger partial charge on any atom is 0.319 e. The van der Waals surface area contributed by atoms with Crippen LogP contribution in [0.15, 0.2) is 54.7 Å². The summed E-state index contributed by atoms with van der Waals surface area (Å²) in [6, 6.07) is 16.6. The lowest BCUT2D eigenvalue weighted by molar-refractivity contribution is 0.0993. The summed E-state index contributed by atoms with van der Waals surface area (Å²) in [5.41, 5.74) is 5.89. The first-order chi connectivity index (χ1) is 18.3. The molecule has 192 valence electrons. The third-order valence-electron chi connectivity index (χ3n) is 6.73. The van der Waals surface area contributed by atoms with Gasteiger partial charge in [-0.3, -0.25) is 9.69 Å². The molecule has 0 radical (unpaired) electrons. The Labute approximate surface area is 226 Å². The first kappa shape index (κ1) is 25.3. The summed E-state index contributed by atoms with van der Waals surface area (Å²) in [6.45, 7) is 6.09. The molecule has 38 heavy (non-hydrogen) atoms. The maximum atomic E-state index is 14.2. The van der Waals surface area contributed by atoms with Gasteiger partial charge in [0.05, 0.1) is 48.4 Å². The molecule has 1 aliphatic rings. The first-order valence-corrected chi connectivity index (χ1v) is 12.5. The van der Waals surface area contributed by atoms with Crippen LogP contribution in [0.5, 0.6) is 11.9 Å². The number of benzene rings is 2. The fourth-order valence-electron chi connectivity index (χ4n) is 5.04. The van der Waals surface area contributed by atoms with E-state index in [1.165, 1.54) is 14.2 Å². The monoisotopic (exact) mass is 527 g/mol. The van der Waals surface area contributed by atoms with Crippen LogP contribution in [-0.4, -0.2) is 34.7 Å². The fourth-order valence-corrected chi connectivity index (χ4v) is 5.21. The largest absolute Gasteiger partial charge is 0.480 e. The summed E-state index contributed by atoms with van der Waals surface area (Å²) < 4.78 is 12.9. The van der Waals surface area contributed by atoms with Crippen molar-refractivity contribution >= 4 is 23.2 Å². The van der Waals surface area contributed by atoms with Gasteiger partial charge in [-0.2, -0.15) is 10.2 Å². The molecule has 4 aromatic rings. The zero-order valence-corrected chi connectivity index (χ0v) is 22.4. The maximum absolute atomic E-state index is 14.2. The average molecular weight is 528 g/mol.